The number of ether oxygens (including phenoxy) is 2. The second-order valence-corrected chi connectivity index (χ2v) is 7.09. The quantitative estimate of drug-likeness (QED) is 0.684. The summed E-state index contributed by atoms with van der Waals surface area (Å²) in [7, 11) is 2.93. The van der Waals surface area contributed by atoms with Gasteiger partial charge in [0.2, 0.25) is 5.91 Å². The molecule has 2 aromatic carbocycles. The van der Waals surface area contributed by atoms with Gasteiger partial charge < -0.3 is 19.3 Å². The largest absolute Gasteiger partial charge is 0.497 e. The van der Waals surface area contributed by atoms with E-state index in [1.807, 2.05) is 24.3 Å². The molecule has 1 saturated heterocycles. The Morgan fingerprint density at radius 3 is 2.13 bits per heavy atom. The smallest absolute Gasteiger partial charge is 0.337 e. The number of benzene rings is 2. The third kappa shape index (κ3) is 5.17. The molecule has 1 fully saturated rings. The molecule has 3 rings (SSSR count). The molecule has 1 heterocycles. The highest BCUT2D eigenvalue weighted by atomic mass is 16.5. The van der Waals surface area contributed by atoms with E-state index >= 15 is 0 Å². The zero-order valence-electron chi connectivity index (χ0n) is 17.3. The molecule has 1 aliphatic rings. The van der Waals surface area contributed by atoms with Crippen molar-refractivity contribution >= 4 is 17.8 Å². The van der Waals surface area contributed by atoms with E-state index < -0.39 is 5.97 Å². The second kappa shape index (κ2) is 9.91. The highest BCUT2D eigenvalue weighted by Gasteiger charge is 2.25. The molecule has 0 N–H and O–H groups in total. The van der Waals surface area contributed by atoms with Crippen molar-refractivity contribution in [1.82, 2.24) is 9.80 Å². The van der Waals surface area contributed by atoms with E-state index in [2.05, 4.69) is 0 Å². The number of rotatable bonds is 6. The van der Waals surface area contributed by atoms with Gasteiger partial charge in [-0.3, -0.25) is 9.59 Å². The van der Waals surface area contributed by atoms with Gasteiger partial charge in [0.25, 0.3) is 5.91 Å². The molecule has 0 aromatic heterocycles. The van der Waals surface area contributed by atoms with E-state index in [4.69, 9.17) is 9.47 Å². The first-order valence-corrected chi connectivity index (χ1v) is 9.90. The number of carbonyl (C=O) groups excluding carboxylic acids is 3. The fraction of sp³-hybridized carbons (Fsp3) is 0.348. The maximum atomic E-state index is 12.8. The van der Waals surface area contributed by atoms with Crippen LogP contribution >= 0.6 is 0 Å². The number of piperazine rings is 1. The van der Waals surface area contributed by atoms with Crippen molar-refractivity contribution in [3.8, 4) is 5.75 Å². The zero-order chi connectivity index (χ0) is 21.5. The van der Waals surface area contributed by atoms with Gasteiger partial charge in [-0.05, 0) is 42.3 Å². The van der Waals surface area contributed by atoms with Gasteiger partial charge in [-0.15, -0.1) is 0 Å². The van der Waals surface area contributed by atoms with Crippen molar-refractivity contribution in [1.29, 1.82) is 0 Å². The maximum absolute atomic E-state index is 12.8. The molecular weight excluding hydrogens is 384 g/mol. The van der Waals surface area contributed by atoms with Crippen LogP contribution in [-0.4, -0.2) is 68.0 Å². The molecule has 158 valence electrons. The van der Waals surface area contributed by atoms with Crippen LogP contribution in [0.1, 0.15) is 32.7 Å². The zero-order valence-corrected chi connectivity index (χ0v) is 17.3. The number of carbonyl (C=O) groups is 3. The van der Waals surface area contributed by atoms with Gasteiger partial charge in [0.15, 0.2) is 0 Å². The van der Waals surface area contributed by atoms with E-state index in [1.54, 1.807) is 41.2 Å². The highest BCUT2D eigenvalue weighted by Crippen LogP contribution is 2.15. The van der Waals surface area contributed by atoms with Gasteiger partial charge in [0.1, 0.15) is 5.75 Å². The van der Waals surface area contributed by atoms with Crippen LogP contribution in [0.25, 0.3) is 0 Å². The van der Waals surface area contributed by atoms with Gasteiger partial charge in [0.05, 0.1) is 19.8 Å². The molecule has 0 unspecified atom stereocenters. The Bertz CT molecular complexity index is 902. The minimum Gasteiger partial charge on any atom is -0.497 e. The lowest BCUT2D eigenvalue weighted by Crippen LogP contribution is -2.50. The highest BCUT2D eigenvalue weighted by molar-refractivity contribution is 5.98. The average molecular weight is 410 g/mol. The van der Waals surface area contributed by atoms with Gasteiger partial charge in [-0.1, -0.05) is 18.2 Å². The van der Waals surface area contributed by atoms with Crippen molar-refractivity contribution in [2.75, 3.05) is 40.4 Å². The van der Waals surface area contributed by atoms with Gasteiger partial charge in [0, 0.05) is 38.2 Å². The van der Waals surface area contributed by atoms with Crippen LogP contribution in [-0.2, 0) is 16.0 Å². The molecule has 0 saturated carbocycles. The maximum Gasteiger partial charge on any atom is 0.337 e. The Balaban J connectivity index is 1.50. The van der Waals surface area contributed by atoms with E-state index in [0.29, 0.717) is 50.1 Å². The monoisotopic (exact) mass is 410 g/mol. The molecule has 2 amide bonds. The summed E-state index contributed by atoms with van der Waals surface area (Å²) >= 11 is 0. The van der Waals surface area contributed by atoms with Crippen molar-refractivity contribution in [2.45, 2.75) is 12.8 Å². The van der Waals surface area contributed by atoms with Crippen molar-refractivity contribution in [2.24, 2.45) is 0 Å². The SMILES string of the molecule is COC(=O)c1cccc(C(=O)N2CCN(C(=O)CCc3ccc(OC)cc3)CC2)c1. The lowest BCUT2D eigenvalue weighted by Gasteiger charge is -2.35. The lowest BCUT2D eigenvalue weighted by atomic mass is 10.1. The fourth-order valence-electron chi connectivity index (χ4n) is 3.44. The molecule has 0 radical (unpaired) electrons. The first kappa shape index (κ1) is 21.4. The first-order valence-electron chi connectivity index (χ1n) is 9.90. The van der Waals surface area contributed by atoms with Crippen LogP contribution < -0.4 is 4.74 Å². The molecular formula is C23H26N2O5. The van der Waals surface area contributed by atoms with E-state index in [1.165, 1.54) is 7.11 Å². The van der Waals surface area contributed by atoms with Crippen molar-refractivity contribution in [3.63, 3.8) is 0 Å². The number of hydrogen-bond donors (Lipinski definition) is 0. The molecule has 0 spiro atoms. The lowest BCUT2D eigenvalue weighted by molar-refractivity contribution is -0.132. The van der Waals surface area contributed by atoms with Crippen LogP contribution in [0, 0.1) is 0 Å². The normalized spacial score (nSPS) is 13.7. The Labute approximate surface area is 176 Å². The molecule has 7 heteroatoms. The van der Waals surface area contributed by atoms with Crippen LogP contribution in [0.5, 0.6) is 5.75 Å². The summed E-state index contributed by atoms with van der Waals surface area (Å²) in [5, 5.41) is 0. The standard InChI is InChI=1S/C23H26N2O5/c1-29-20-9-6-17(7-10-20)8-11-21(26)24-12-14-25(15-13-24)22(27)18-4-3-5-19(16-18)23(28)30-2/h3-7,9-10,16H,8,11-15H2,1-2H3. The third-order valence-electron chi connectivity index (χ3n) is 5.24. The second-order valence-electron chi connectivity index (χ2n) is 7.09. The van der Waals surface area contributed by atoms with Crippen LogP contribution in [0.4, 0.5) is 0 Å². The van der Waals surface area contributed by atoms with Crippen LogP contribution in [0.2, 0.25) is 0 Å². The number of nitrogens with zero attached hydrogens (tertiary/aromatic N) is 2. The summed E-state index contributed by atoms with van der Waals surface area (Å²) in [4.78, 5) is 40.5. The summed E-state index contributed by atoms with van der Waals surface area (Å²) in [6.07, 6.45) is 1.10. The average Bonchev–Trinajstić information content (AvgIpc) is 2.82. The summed E-state index contributed by atoms with van der Waals surface area (Å²) in [5.41, 5.74) is 1.87. The van der Waals surface area contributed by atoms with Crippen LogP contribution in [0.15, 0.2) is 48.5 Å². The number of hydrogen-bond acceptors (Lipinski definition) is 5. The van der Waals surface area contributed by atoms with Gasteiger partial charge >= 0.3 is 5.97 Å². The van der Waals surface area contributed by atoms with Crippen molar-refractivity contribution in [3.05, 3.63) is 65.2 Å². The van der Waals surface area contributed by atoms with Gasteiger partial charge in [-0.2, -0.15) is 0 Å². The van der Waals surface area contributed by atoms with E-state index in [0.717, 1.165) is 11.3 Å². The summed E-state index contributed by atoms with van der Waals surface area (Å²) in [5.74, 6) is 0.261. The summed E-state index contributed by atoms with van der Waals surface area (Å²) in [6, 6.07) is 14.2. The topological polar surface area (TPSA) is 76.2 Å². The minimum atomic E-state index is -0.475. The Hall–Kier alpha value is -3.35. The Kier molecular flexibility index (Phi) is 7.06. The molecule has 7 nitrogen and oxygen atoms in total. The molecule has 0 atom stereocenters. The predicted molar refractivity (Wildman–Crippen MR) is 112 cm³/mol. The molecule has 0 bridgehead atoms. The fourth-order valence-corrected chi connectivity index (χ4v) is 3.44. The summed E-state index contributed by atoms with van der Waals surface area (Å²) < 4.78 is 9.85. The number of esters is 1. The third-order valence-corrected chi connectivity index (χ3v) is 5.24. The molecule has 0 aliphatic carbocycles. The number of methoxy groups -OCH3 is 2. The summed E-state index contributed by atoms with van der Waals surface area (Å²) in [6.45, 7) is 1.94. The predicted octanol–water partition coefficient (Wildman–Crippen LogP) is 2.40. The number of aryl methyl sites for hydroxylation is 1. The Morgan fingerprint density at radius 1 is 0.867 bits per heavy atom. The Morgan fingerprint density at radius 2 is 1.50 bits per heavy atom. The van der Waals surface area contributed by atoms with Crippen LogP contribution in [0.3, 0.4) is 0 Å². The molecule has 1 aliphatic heterocycles. The van der Waals surface area contributed by atoms with E-state index in [9.17, 15) is 14.4 Å². The van der Waals surface area contributed by atoms with Crippen molar-refractivity contribution < 1.29 is 23.9 Å². The molecule has 2 aromatic rings. The minimum absolute atomic E-state index is 0.0885. The first-order chi connectivity index (χ1) is 14.5. The van der Waals surface area contributed by atoms with E-state index in [-0.39, 0.29) is 11.8 Å². The molecule has 30 heavy (non-hydrogen) atoms. The number of amides is 2. The van der Waals surface area contributed by atoms with Gasteiger partial charge in [-0.25, -0.2) is 4.79 Å².